The van der Waals surface area contributed by atoms with Crippen LogP contribution in [0, 0.1) is 6.92 Å². The van der Waals surface area contributed by atoms with Crippen molar-refractivity contribution < 1.29 is 4.79 Å². The van der Waals surface area contributed by atoms with Gasteiger partial charge < -0.3 is 10.6 Å². The molecule has 0 aliphatic rings. The fraction of sp³-hybridized carbons (Fsp3) is 0.105. The molecule has 0 radical (unpaired) electrons. The number of carbonyl (C=O) groups excluding carboxylic acids is 1. The Morgan fingerprint density at radius 1 is 1.29 bits per heavy atom. The number of carbonyl (C=O) groups is 1. The molecule has 6 nitrogen and oxygen atoms in total. The summed E-state index contributed by atoms with van der Waals surface area (Å²) >= 11 is 15.7. The Bertz CT molecular complexity index is 1080. The minimum absolute atomic E-state index is 0.267. The van der Waals surface area contributed by atoms with Crippen LogP contribution in [0.2, 0.25) is 10.0 Å². The number of hydrogen-bond acceptors (Lipinski definition) is 4. The van der Waals surface area contributed by atoms with E-state index < -0.39 is 0 Å². The van der Waals surface area contributed by atoms with Crippen molar-refractivity contribution in [2.75, 3.05) is 12.4 Å². The van der Waals surface area contributed by atoms with Crippen molar-refractivity contribution in [3.05, 3.63) is 74.6 Å². The molecule has 144 valence electrons. The summed E-state index contributed by atoms with van der Waals surface area (Å²) in [4.78, 5) is 17.3. The smallest absolute Gasteiger partial charge is 0.274 e. The number of nitrogens with zero attached hydrogens (tertiary/aromatic N) is 3. The van der Waals surface area contributed by atoms with E-state index >= 15 is 0 Å². The molecule has 0 aliphatic carbocycles. The van der Waals surface area contributed by atoms with E-state index in [-0.39, 0.29) is 11.6 Å². The molecule has 2 heterocycles. The Labute approximate surface area is 180 Å². The zero-order chi connectivity index (χ0) is 20.4. The minimum atomic E-state index is -0.379. The highest BCUT2D eigenvalue weighted by atomic mass is 79.9. The summed E-state index contributed by atoms with van der Waals surface area (Å²) in [5.74, 6) is -0.0248. The molecule has 0 unspecified atom stereocenters. The molecule has 0 atom stereocenters. The van der Waals surface area contributed by atoms with Crippen LogP contribution in [-0.4, -0.2) is 27.7 Å². The van der Waals surface area contributed by atoms with Crippen LogP contribution in [-0.2, 0) is 0 Å². The van der Waals surface area contributed by atoms with Crippen LogP contribution in [0.4, 0.5) is 5.69 Å². The highest BCUT2D eigenvalue weighted by molar-refractivity contribution is 9.10. The monoisotopic (exact) mass is 479 g/mol. The van der Waals surface area contributed by atoms with Gasteiger partial charge in [-0.15, -0.1) is 0 Å². The number of pyridine rings is 1. The van der Waals surface area contributed by atoms with Gasteiger partial charge in [0.15, 0.2) is 5.82 Å². The molecular formula is C19H16BrCl2N5O. The fourth-order valence-electron chi connectivity index (χ4n) is 2.67. The normalized spacial score (nSPS) is 10.6. The molecular weight excluding hydrogens is 465 g/mol. The SMILES string of the molecule is C=C(NC)c1cc(Cl)cc(C)c1NC(=O)c1cc(Br)nn1-c1ncccc1Cl. The summed E-state index contributed by atoms with van der Waals surface area (Å²) in [6, 6.07) is 8.49. The molecule has 3 aromatic rings. The lowest BCUT2D eigenvalue weighted by Crippen LogP contribution is -2.20. The first-order chi connectivity index (χ1) is 13.3. The summed E-state index contributed by atoms with van der Waals surface area (Å²) in [5, 5.41) is 11.1. The molecule has 3 rings (SSSR count). The van der Waals surface area contributed by atoms with Crippen molar-refractivity contribution in [2.24, 2.45) is 0 Å². The predicted octanol–water partition coefficient (Wildman–Crippen LogP) is 5.09. The molecule has 1 aromatic carbocycles. The van der Waals surface area contributed by atoms with Gasteiger partial charge in [-0.05, 0) is 52.7 Å². The first-order valence-electron chi connectivity index (χ1n) is 8.16. The van der Waals surface area contributed by atoms with Gasteiger partial charge in [0.2, 0.25) is 0 Å². The summed E-state index contributed by atoms with van der Waals surface area (Å²) < 4.78 is 1.87. The minimum Gasteiger partial charge on any atom is -0.388 e. The lowest BCUT2D eigenvalue weighted by molar-refractivity contribution is 0.101. The van der Waals surface area contributed by atoms with Crippen molar-refractivity contribution in [2.45, 2.75) is 6.92 Å². The fourth-order valence-corrected chi connectivity index (χ4v) is 3.52. The zero-order valence-corrected chi connectivity index (χ0v) is 18.2. The summed E-state index contributed by atoms with van der Waals surface area (Å²) in [5.41, 5.74) is 2.99. The highest BCUT2D eigenvalue weighted by Crippen LogP contribution is 2.30. The molecule has 1 amide bonds. The molecule has 0 spiro atoms. The number of aryl methyl sites for hydroxylation is 1. The van der Waals surface area contributed by atoms with Crippen molar-refractivity contribution in [1.82, 2.24) is 20.1 Å². The van der Waals surface area contributed by atoms with Gasteiger partial charge >= 0.3 is 0 Å². The van der Waals surface area contributed by atoms with Gasteiger partial charge in [0.05, 0.1) is 10.7 Å². The zero-order valence-electron chi connectivity index (χ0n) is 15.1. The average molecular weight is 481 g/mol. The van der Waals surface area contributed by atoms with Crippen molar-refractivity contribution in [3.63, 3.8) is 0 Å². The summed E-state index contributed by atoms with van der Waals surface area (Å²) in [6.45, 7) is 5.83. The first kappa shape index (κ1) is 20.4. The Hall–Kier alpha value is -2.35. The van der Waals surface area contributed by atoms with Crippen LogP contribution in [0.3, 0.4) is 0 Å². The van der Waals surface area contributed by atoms with Gasteiger partial charge in [0.25, 0.3) is 5.91 Å². The van der Waals surface area contributed by atoms with Crippen molar-refractivity contribution in [1.29, 1.82) is 0 Å². The second-order valence-electron chi connectivity index (χ2n) is 5.90. The quantitative estimate of drug-likeness (QED) is 0.533. The van der Waals surface area contributed by atoms with E-state index in [2.05, 4.69) is 43.2 Å². The van der Waals surface area contributed by atoms with Crippen molar-refractivity contribution in [3.8, 4) is 5.82 Å². The highest BCUT2D eigenvalue weighted by Gasteiger charge is 2.21. The molecule has 0 fully saturated rings. The Kier molecular flexibility index (Phi) is 6.07. The number of aromatic nitrogens is 3. The molecule has 2 N–H and O–H groups in total. The van der Waals surface area contributed by atoms with E-state index in [0.717, 1.165) is 5.56 Å². The predicted molar refractivity (Wildman–Crippen MR) is 116 cm³/mol. The second kappa shape index (κ2) is 8.34. The van der Waals surface area contributed by atoms with Gasteiger partial charge in [-0.1, -0.05) is 29.8 Å². The van der Waals surface area contributed by atoms with Crippen molar-refractivity contribution >= 4 is 56.4 Å². The van der Waals surface area contributed by atoms with Crippen LogP contribution in [0.1, 0.15) is 21.6 Å². The number of hydrogen-bond donors (Lipinski definition) is 2. The van der Waals surface area contributed by atoms with E-state index in [9.17, 15) is 4.79 Å². The molecule has 0 bridgehead atoms. The lowest BCUT2D eigenvalue weighted by atomic mass is 10.1. The lowest BCUT2D eigenvalue weighted by Gasteiger charge is -2.16. The Morgan fingerprint density at radius 2 is 2.04 bits per heavy atom. The van der Waals surface area contributed by atoms with Crippen LogP contribution in [0.5, 0.6) is 0 Å². The van der Waals surface area contributed by atoms with E-state index in [1.54, 1.807) is 43.6 Å². The number of rotatable bonds is 5. The molecule has 9 heteroatoms. The van der Waals surface area contributed by atoms with Gasteiger partial charge in [-0.2, -0.15) is 5.10 Å². The van der Waals surface area contributed by atoms with E-state index in [1.165, 1.54) is 4.68 Å². The average Bonchev–Trinajstić information content (AvgIpc) is 3.05. The molecule has 0 saturated carbocycles. The number of halogens is 3. The molecule has 2 aromatic heterocycles. The Balaban J connectivity index is 2.05. The Morgan fingerprint density at radius 3 is 2.71 bits per heavy atom. The van der Waals surface area contributed by atoms with E-state index in [1.807, 2.05) is 6.92 Å². The largest absolute Gasteiger partial charge is 0.388 e. The van der Waals surface area contributed by atoms with Gasteiger partial charge in [-0.3, -0.25) is 4.79 Å². The molecule has 28 heavy (non-hydrogen) atoms. The van der Waals surface area contributed by atoms with Gasteiger partial charge in [-0.25, -0.2) is 9.67 Å². The van der Waals surface area contributed by atoms with E-state index in [0.29, 0.717) is 37.4 Å². The van der Waals surface area contributed by atoms with Crippen LogP contribution in [0.25, 0.3) is 11.5 Å². The maximum atomic E-state index is 13.1. The van der Waals surface area contributed by atoms with Gasteiger partial charge in [0, 0.05) is 35.6 Å². The molecule has 0 aliphatic heterocycles. The number of benzene rings is 1. The molecule has 0 saturated heterocycles. The first-order valence-corrected chi connectivity index (χ1v) is 9.71. The number of nitrogens with one attached hydrogen (secondary N) is 2. The second-order valence-corrected chi connectivity index (χ2v) is 7.56. The third-order valence-electron chi connectivity index (χ3n) is 4.02. The standard InChI is InChI=1S/C19H16BrCl2N5O/c1-10-7-12(21)8-13(11(2)23-3)17(10)25-19(28)15-9-16(20)26-27(15)18-14(22)5-4-6-24-18/h4-9,23H,2H2,1,3H3,(H,25,28). The van der Waals surface area contributed by atoms with Gasteiger partial charge in [0.1, 0.15) is 10.3 Å². The number of amides is 1. The van der Waals surface area contributed by atoms with Crippen LogP contribution >= 0.6 is 39.1 Å². The summed E-state index contributed by atoms with van der Waals surface area (Å²) in [7, 11) is 1.75. The van der Waals surface area contributed by atoms with Crippen LogP contribution < -0.4 is 10.6 Å². The third-order valence-corrected chi connectivity index (χ3v) is 4.92. The third kappa shape index (κ3) is 4.06. The van der Waals surface area contributed by atoms with E-state index in [4.69, 9.17) is 23.2 Å². The number of anilines is 1. The maximum absolute atomic E-state index is 13.1. The van der Waals surface area contributed by atoms with Crippen LogP contribution in [0.15, 0.2) is 47.7 Å². The summed E-state index contributed by atoms with van der Waals surface area (Å²) in [6.07, 6.45) is 1.58. The topological polar surface area (TPSA) is 71.8 Å². The maximum Gasteiger partial charge on any atom is 0.274 e.